The number of nitrogens with zero attached hydrogens (tertiary/aromatic N) is 2. The van der Waals surface area contributed by atoms with Gasteiger partial charge in [-0.15, -0.1) is 0 Å². The molecule has 0 aliphatic heterocycles. The molecule has 0 bridgehead atoms. The molecule has 0 spiro atoms. The highest BCUT2D eigenvalue weighted by Gasteiger charge is 2.18. The van der Waals surface area contributed by atoms with Gasteiger partial charge in [-0.2, -0.15) is 0 Å². The summed E-state index contributed by atoms with van der Waals surface area (Å²) in [7, 11) is -2.88. The lowest BCUT2D eigenvalue weighted by Crippen LogP contribution is -2.78. The first kappa shape index (κ1) is 24.6. The zero-order chi connectivity index (χ0) is 23.5. The summed E-state index contributed by atoms with van der Waals surface area (Å²) in [4.78, 5) is 13.4. The van der Waals surface area contributed by atoms with Crippen LogP contribution in [0.15, 0.2) is 70.1 Å². The quantitative estimate of drug-likeness (QED) is 0.144. The van der Waals surface area contributed by atoms with Gasteiger partial charge < -0.3 is 24.3 Å². The predicted molar refractivity (Wildman–Crippen MR) is 117 cm³/mol. The Hall–Kier alpha value is -3.05. The Balaban J connectivity index is 1.50. The van der Waals surface area contributed by atoms with Gasteiger partial charge in [-0.1, -0.05) is 11.2 Å². The maximum Gasteiger partial charge on any atom is 0.476 e. The molecule has 0 aromatic carbocycles. The predicted octanol–water partition coefficient (Wildman–Crippen LogP) is 1.97. The van der Waals surface area contributed by atoms with Crippen molar-refractivity contribution < 1.29 is 37.5 Å². The van der Waals surface area contributed by atoms with Crippen molar-refractivity contribution in [1.29, 1.82) is 0 Å². The maximum absolute atomic E-state index is 11.2. The molecule has 3 rings (SSSR count). The molecule has 0 amide bonds. The highest BCUT2D eigenvalue weighted by atomic mass is 31.2. The van der Waals surface area contributed by atoms with Gasteiger partial charge in [0, 0.05) is 44.0 Å². The average Bonchev–Trinajstić information content (AvgIpc) is 3.50. The molecule has 5 N–H and O–H groups in total. The summed E-state index contributed by atoms with van der Waals surface area (Å²) >= 11 is 0. The van der Waals surface area contributed by atoms with Crippen LogP contribution in [-0.2, 0) is 26.6 Å². The van der Waals surface area contributed by atoms with Crippen molar-refractivity contribution in [3.63, 3.8) is 0 Å². The summed E-state index contributed by atoms with van der Waals surface area (Å²) in [5.41, 5.74) is 8.24. The molecule has 3 heterocycles. The zero-order valence-electron chi connectivity index (χ0n) is 18.0. The van der Waals surface area contributed by atoms with Crippen molar-refractivity contribution in [3.8, 4) is 5.88 Å². The van der Waals surface area contributed by atoms with E-state index in [1.165, 1.54) is 0 Å². The van der Waals surface area contributed by atoms with Gasteiger partial charge in [0.25, 0.3) is 0 Å². The molecule has 0 aliphatic carbocycles. The Morgan fingerprint density at radius 3 is 2.94 bits per heavy atom. The molecule has 0 saturated carbocycles. The molecular formula is C21H26N4O7P+. The summed E-state index contributed by atoms with van der Waals surface area (Å²) in [6.45, 7) is 0.486. The molecule has 1 atom stereocenters. The van der Waals surface area contributed by atoms with E-state index in [1.54, 1.807) is 48.3 Å². The number of phosphoric acid groups is 1. The van der Waals surface area contributed by atoms with E-state index in [2.05, 4.69) is 19.2 Å². The first-order chi connectivity index (χ1) is 16.0. The van der Waals surface area contributed by atoms with Gasteiger partial charge in [-0.05, 0) is 29.8 Å². The Morgan fingerprint density at radius 1 is 1.36 bits per heavy atom. The minimum Gasteiger partial charge on any atom is -0.469 e. The number of pyridine rings is 1. The van der Waals surface area contributed by atoms with Crippen molar-refractivity contribution in [3.05, 3.63) is 83.9 Å². The Labute approximate surface area is 190 Å². The topological polar surface area (TPSA) is 160 Å². The summed E-state index contributed by atoms with van der Waals surface area (Å²) in [5.74, 6) is 1.78. The van der Waals surface area contributed by atoms with E-state index in [0.29, 0.717) is 24.7 Å². The lowest BCUT2D eigenvalue weighted by atomic mass is 10.1. The lowest BCUT2D eigenvalue weighted by molar-refractivity contribution is -0.617. The fourth-order valence-corrected chi connectivity index (χ4v) is 3.02. The van der Waals surface area contributed by atoms with Gasteiger partial charge in [0.05, 0.1) is 18.2 Å². The fraction of sp³-hybridized carbons (Fsp3) is 0.238. The molecule has 176 valence electrons. The molecular weight excluding hydrogens is 451 g/mol. The van der Waals surface area contributed by atoms with E-state index in [4.69, 9.17) is 24.3 Å². The monoisotopic (exact) mass is 477 g/mol. The van der Waals surface area contributed by atoms with Crippen LogP contribution in [0.3, 0.4) is 0 Å². The van der Waals surface area contributed by atoms with Gasteiger partial charge in [-0.3, -0.25) is 9.84 Å². The van der Waals surface area contributed by atoms with Crippen LogP contribution in [0.25, 0.3) is 5.57 Å². The lowest BCUT2D eigenvalue weighted by Gasteiger charge is -2.05. The molecule has 12 heteroatoms. The van der Waals surface area contributed by atoms with Crippen molar-refractivity contribution in [2.75, 3.05) is 20.4 Å². The number of furan rings is 1. The second-order valence-electron chi connectivity index (χ2n) is 6.70. The van der Waals surface area contributed by atoms with Gasteiger partial charge in [-0.25, -0.2) is 14.1 Å². The van der Waals surface area contributed by atoms with Crippen LogP contribution in [0.4, 0.5) is 0 Å². The van der Waals surface area contributed by atoms with E-state index >= 15 is 0 Å². The van der Waals surface area contributed by atoms with Crippen LogP contribution in [-0.4, -0.2) is 35.4 Å². The van der Waals surface area contributed by atoms with Crippen LogP contribution in [0.1, 0.15) is 22.8 Å². The summed E-state index contributed by atoms with van der Waals surface area (Å²) in [5, 5.41) is 5.66. The van der Waals surface area contributed by atoms with Gasteiger partial charge in [0.2, 0.25) is 5.88 Å². The van der Waals surface area contributed by atoms with E-state index < -0.39 is 7.82 Å². The molecule has 3 aromatic heterocycles. The molecule has 0 radical (unpaired) electrons. The number of hydrogen-bond donors (Lipinski definition) is 3. The Morgan fingerprint density at radius 2 is 2.24 bits per heavy atom. The number of hydrogen-bond acceptors (Lipinski definition) is 9. The van der Waals surface area contributed by atoms with Crippen LogP contribution in [0.5, 0.6) is 5.88 Å². The molecule has 0 fully saturated rings. The highest BCUT2D eigenvalue weighted by Crippen LogP contribution is 2.40. The second-order valence-corrected chi connectivity index (χ2v) is 8.26. The molecule has 0 aliphatic rings. The number of ether oxygens (including phenoxy) is 1. The molecule has 11 nitrogen and oxygen atoms in total. The molecule has 3 aromatic rings. The maximum atomic E-state index is 11.2. The van der Waals surface area contributed by atoms with E-state index in [-0.39, 0.29) is 13.3 Å². The molecule has 33 heavy (non-hydrogen) atoms. The van der Waals surface area contributed by atoms with Crippen LogP contribution in [0.2, 0.25) is 0 Å². The zero-order valence-corrected chi connectivity index (χ0v) is 18.9. The molecule has 1 unspecified atom stereocenters. The first-order valence-electron chi connectivity index (χ1n) is 9.97. The first-order valence-corrected chi connectivity index (χ1v) is 11.5. The number of rotatable bonds is 13. The number of nitrogens with two attached hydrogens (primary N) is 2. The Kier molecular flexibility index (Phi) is 9.14. The van der Waals surface area contributed by atoms with Gasteiger partial charge in [0.15, 0.2) is 12.5 Å². The molecule has 0 saturated heterocycles. The summed E-state index contributed by atoms with van der Waals surface area (Å²) in [6, 6.07) is 9.16. The van der Waals surface area contributed by atoms with Crippen molar-refractivity contribution >= 4 is 13.4 Å². The summed E-state index contributed by atoms with van der Waals surface area (Å²) in [6.07, 6.45) is 8.99. The minimum atomic E-state index is -3.98. The van der Waals surface area contributed by atoms with Gasteiger partial charge >= 0.3 is 7.82 Å². The van der Waals surface area contributed by atoms with Crippen LogP contribution in [0, 0.1) is 0 Å². The van der Waals surface area contributed by atoms with Crippen molar-refractivity contribution in [1.82, 2.24) is 10.1 Å². The minimum absolute atomic E-state index is 0.0723. The number of aromatic nitrogens is 2. The van der Waals surface area contributed by atoms with E-state index in [9.17, 15) is 4.57 Å². The largest absolute Gasteiger partial charge is 0.476 e. The smallest absolute Gasteiger partial charge is 0.469 e. The fourth-order valence-electron chi connectivity index (χ4n) is 2.64. The third kappa shape index (κ3) is 8.10. The normalized spacial score (nSPS) is 14.0. The number of phosphoric ester groups is 1. The third-order valence-electron chi connectivity index (χ3n) is 4.33. The van der Waals surface area contributed by atoms with E-state index in [1.807, 2.05) is 18.2 Å². The highest BCUT2D eigenvalue weighted by molar-refractivity contribution is 7.47. The SMILES string of the molecule is COP(=O)(O)OC[NH2+]/C=C\C=C(/CN)c1cc(Cc2ccc(OCc3ccco3)nc2)no1. The standard InChI is InChI=1S/C21H25N4O7P/c1-28-33(26,27)31-15-23-8-2-4-17(12-22)20-11-18(25-32-20)10-16-6-7-21(24-13-16)30-14-19-5-3-9-29-19/h2-9,11,13,23H,10,12,14-15,22H2,1H3,(H,26,27)/p+1/b8-2-,17-4+. The van der Waals surface area contributed by atoms with Crippen LogP contribution >= 0.6 is 7.82 Å². The average molecular weight is 477 g/mol. The second kappa shape index (κ2) is 12.3. The van der Waals surface area contributed by atoms with Crippen molar-refractivity contribution in [2.45, 2.75) is 13.0 Å². The van der Waals surface area contributed by atoms with Crippen LogP contribution < -0.4 is 15.8 Å². The van der Waals surface area contributed by atoms with Gasteiger partial charge in [0.1, 0.15) is 12.4 Å². The third-order valence-corrected chi connectivity index (χ3v) is 5.27. The summed E-state index contributed by atoms with van der Waals surface area (Å²) < 4.78 is 36.4. The van der Waals surface area contributed by atoms with E-state index in [0.717, 1.165) is 29.7 Å². The van der Waals surface area contributed by atoms with Crippen molar-refractivity contribution in [2.24, 2.45) is 5.73 Å². The number of allylic oxidation sites excluding steroid dienone is 2. The number of quaternary nitrogens is 1. The Bertz CT molecular complexity index is 1090.